The summed E-state index contributed by atoms with van der Waals surface area (Å²) >= 11 is 0. The van der Waals surface area contributed by atoms with Gasteiger partial charge in [0.05, 0.1) is 22.2 Å². The van der Waals surface area contributed by atoms with Crippen LogP contribution in [0.15, 0.2) is 60.5 Å². The standard InChI is InChI=1S/C17H10N2O4/c20-17-13-3-1-2-4-15(13)23-16(17)10-18-8-7-11-5-6-12(19(21)22)9-14(11)18/h1-10H/b16-10-. The van der Waals surface area contributed by atoms with Gasteiger partial charge >= 0.3 is 0 Å². The molecule has 112 valence electrons. The van der Waals surface area contributed by atoms with Crippen molar-refractivity contribution in [2.24, 2.45) is 0 Å². The van der Waals surface area contributed by atoms with E-state index in [-0.39, 0.29) is 17.2 Å². The Bertz CT molecular complexity index is 1000. The molecule has 0 bridgehead atoms. The molecule has 3 aromatic rings. The Balaban J connectivity index is 1.81. The summed E-state index contributed by atoms with van der Waals surface area (Å²) in [6.07, 6.45) is 3.29. The number of nitrogens with zero attached hydrogens (tertiary/aromatic N) is 2. The first kappa shape index (κ1) is 13.3. The Morgan fingerprint density at radius 1 is 1.13 bits per heavy atom. The highest BCUT2D eigenvalue weighted by Gasteiger charge is 2.26. The monoisotopic (exact) mass is 306 g/mol. The zero-order valence-corrected chi connectivity index (χ0v) is 11.8. The number of allylic oxidation sites excluding steroid dienone is 1. The summed E-state index contributed by atoms with van der Waals surface area (Å²) in [7, 11) is 0. The molecule has 4 rings (SSSR count). The molecule has 1 aliphatic heterocycles. The SMILES string of the molecule is O=C1/C(=C/n2ccc3ccc([N+](=O)[O-])cc32)Oc2ccccc21. The molecule has 0 saturated heterocycles. The molecule has 1 aromatic heterocycles. The van der Waals surface area contributed by atoms with Crippen molar-refractivity contribution in [1.82, 2.24) is 4.57 Å². The molecule has 0 radical (unpaired) electrons. The van der Waals surface area contributed by atoms with E-state index in [4.69, 9.17) is 4.74 Å². The number of carbonyl (C=O) groups excluding carboxylic acids is 1. The quantitative estimate of drug-likeness (QED) is 0.411. The molecule has 23 heavy (non-hydrogen) atoms. The van der Waals surface area contributed by atoms with Gasteiger partial charge in [0.15, 0.2) is 5.76 Å². The number of para-hydroxylation sites is 1. The second kappa shape index (κ2) is 4.81. The third-order valence-corrected chi connectivity index (χ3v) is 3.75. The number of nitro benzene ring substituents is 1. The summed E-state index contributed by atoms with van der Waals surface area (Å²) in [6, 6.07) is 13.4. The minimum Gasteiger partial charge on any atom is -0.451 e. The van der Waals surface area contributed by atoms with E-state index in [1.165, 1.54) is 12.1 Å². The molecule has 1 aliphatic rings. The highest BCUT2D eigenvalue weighted by atomic mass is 16.6. The minimum absolute atomic E-state index is 0.00203. The van der Waals surface area contributed by atoms with Gasteiger partial charge in [0, 0.05) is 23.7 Å². The van der Waals surface area contributed by atoms with Crippen LogP contribution >= 0.6 is 0 Å². The maximum absolute atomic E-state index is 12.3. The summed E-state index contributed by atoms with van der Waals surface area (Å²) in [5.74, 6) is 0.509. The van der Waals surface area contributed by atoms with E-state index in [1.54, 1.807) is 47.3 Å². The average Bonchev–Trinajstić information content (AvgIpc) is 3.10. The number of benzene rings is 2. The number of carbonyl (C=O) groups is 1. The van der Waals surface area contributed by atoms with Crippen molar-refractivity contribution in [3.8, 4) is 5.75 Å². The van der Waals surface area contributed by atoms with Gasteiger partial charge in [0.1, 0.15) is 5.75 Å². The number of ketones is 1. The molecule has 0 saturated carbocycles. The number of nitro groups is 1. The number of rotatable bonds is 2. The number of fused-ring (bicyclic) bond motifs is 2. The van der Waals surface area contributed by atoms with Crippen LogP contribution in [0.1, 0.15) is 10.4 Å². The molecule has 2 heterocycles. The van der Waals surface area contributed by atoms with Gasteiger partial charge in [0.25, 0.3) is 5.69 Å². The summed E-state index contributed by atoms with van der Waals surface area (Å²) < 4.78 is 7.23. The van der Waals surface area contributed by atoms with E-state index >= 15 is 0 Å². The van der Waals surface area contributed by atoms with Gasteiger partial charge in [-0.3, -0.25) is 14.9 Å². The second-order valence-corrected chi connectivity index (χ2v) is 5.14. The van der Waals surface area contributed by atoms with Gasteiger partial charge in [-0.2, -0.15) is 0 Å². The summed E-state index contributed by atoms with van der Waals surface area (Å²) in [6.45, 7) is 0. The van der Waals surface area contributed by atoms with E-state index in [0.717, 1.165) is 5.39 Å². The minimum atomic E-state index is -0.447. The van der Waals surface area contributed by atoms with E-state index < -0.39 is 4.92 Å². The smallest absolute Gasteiger partial charge is 0.271 e. The molecular formula is C17H10N2O4. The van der Waals surface area contributed by atoms with Crippen molar-refractivity contribution in [2.45, 2.75) is 0 Å². The number of hydrogen-bond acceptors (Lipinski definition) is 4. The third-order valence-electron chi connectivity index (χ3n) is 3.75. The average molecular weight is 306 g/mol. The lowest BCUT2D eigenvalue weighted by Gasteiger charge is -2.01. The van der Waals surface area contributed by atoms with Crippen LogP contribution in [0.4, 0.5) is 5.69 Å². The van der Waals surface area contributed by atoms with Gasteiger partial charge in [-0.1, -0.05) is 12.1 Å². The maximum atomic E-state index is 12.3. The summed E-state index contributed by atoms with van der Waals surface area (Å²) in [4.78, 5) is 22.8. The van der Waals surface area contributed by atoms with Gasteiger partial charge in [-0.25, -0.2) is 0 Å². The molecule has 0 fully saturated rings. The lowest BCUT2D eigenvalue weighted by Crippen LogP contribution is -2.00. The Kier molecular flexibility index (Phi) is 2.77. The predicted octanol–water partition coefficient (Wildman–Crippen LogP) is 3.62. The largest absolute Gasteiger partial charge is 0.451 e. The number of ether oxygens (including phenoxy) is 1. The van der Waals surface area contributed by atoms with Crippen molar-refractivity contribution in [3.63, 3.8) is 0 Å². The molecule has 0 unspecified atom stereocenters. The van der Waals surface area contributed by atoms with E-state index in [2.05, 4.69) is 0 Å². The highest BCUT2D eigenvalue weighted by molar-refractivity contribution is 6.14. The summed E-state index contributed by atoms with van der Waals surface area (Å²) in [5.41, 5.74) is 1.15. The predicted molar refractivity (Wildman–Crippen MR) is 84.3 cm³/mol. The van der Waals surface area contributed by atoms with Crippen molar-refractivity contribution in [1.29, 1.82) is 0 Å². The summed E-state index contributed by atoms with van der Waals surface area (Å²) in [5, 5.41) is 11.8. The highest BCUT2D eigenvalue weighted by Crippen LogP contribution is 2.31. The molecular weight excluding hydrogens is 296 g/mol. The van der Waals surface area contributed by atoms with Crippen molar-refractivity contribution < 1.29 is 14.5 Å². The van der Waals surface area contributed by atoms with Gasteiger partial charge < -0.3 is 9.30 Å². The van der Waals surface area contributed by atoms with Crippen LogP contribution in [0.25, 0.3) is 17.1 Å². The first-order chi connectivity index (χ1) is 11.1. The number of non-ortho nitro benzene ring substituents is 1. The Morgan fingerprint density at radius 2 is 1.96 bits per heavy atom. The molecule has 0 aliphatic carbocycles. The zero-order chi connectivity index (χ0) is 16.0. The van der Waals surface area contributed by atoms with Gasteiger partial charge in [-0.05, 0) is 24.3 Å². The fourth-order valence-electron chi connectivity index (χ4n) is 2.62. The fourth-order valence-corrected chi connectivity index (χ4v) is 2.62. The van der Waals surface area contributed by atoms with Crippen LogP contribution in [-0.4, -0.2) is 15.3 Å². The molecule has 6 heteroatoms. The van der Waals surface area contributed by atoms with Crippen molar-refractivity contribution in [3.05, 3.63) is 76.2 Å². The van der Waals surface area contributed by atoms with Crippen LogP contribution in [-0.2, 0) is 0 Å². The molecule has 0 amide bonds. The van der Waals surface area contributed by atoms with Crippen LogP contribution in [0.2, 0.25) is 0 Å². The van der Waals surface area contributed by atoms with Crippen LogP contribution in [0.3, 0.4) is 0 Å². The van der Waals surface area contributed by atoms with E-state index in [9.17, 15) is 14.9 Å². The van der Waals surface area contributed by atoms with Crippen LogP contribution < -0.4 is 4.74 Å². The maximum Gasteiger partial charge on any atom is 0.271 e. The second-order valence-electron chi connectivity index (χ2n) is 5.14. The van der Waals surface area contributed by atoms with Crippen molar-refractivity contribution in [2.75, 3.05) is 0 Å². The Labute approximate surface area is 130 Å². The van der Waals surface area contributed by atoms with Crippen LogP contribution in [0.5, 0.6) is 5.75 Å². The number of hydrogen-bond donors (Lipinski definition) is 0. The van der Waals surface area contributed by atoms with Crippen molar-refractivity contribution >= 4 is 28.6 Å². The normalized spacial score (nSPS) is 15.0. The van der Waals surface area contributed by atoms with E-state index in [1.807, 2.05) is 6.07 Å². The molecule has 2 aromatic carbocycles. The number of aromatic nitrogens is 1. The van der Waals surface area contributed by atoms with Gasteiger partial charge in [-0.15, -0.1) is 0 Å². The zero-order valence-electron chi connectivity index (χ0n) is 11.8. The Hall–Kier alpha value is -3.41. The third kappa shape index (κ3) is 2.08. The fraction of sp³-hybridized carbons (Fsp3) is 0. The molecule has 0 atom stereocenters. The number of Topliss-reactive ketones (excluding diaryl/α,β-unsaturated/α-hetero) is 1. The van der Waals surface area contributed by atoms with Crippen LogP contribution in [0, 0.1) is 10.1 Å². The topological polar surface area (TPSA) is 74.4 Å². The first-order valence-corrected chi connectivity index (χ1v) is 6.92. The lowest BCUT2D eigenvalue weighted by atomic mass is 10.1. The Morgan fingerprint density at radius 3 is 2.74 bits per heavy atom. The molecule has 0 N–H and O–H groups in total. The van der Waals surface area contributed by atoms with Gasteiger partial charge in [0.2, 0.25) is 5.78 Å². The molecule has 0 spiro atoms. The molecule has 6 nitrogen and oxygen atoms in total. The first-order valence-electron chi connectivity index (χ1n) is 6.92. The lowest BCUT2D eigenvalue weighted by molar-refractivity contribution is -0.384. The van der Waals surface area contributed by atoms with E-state index in [0.29, 0.717) is 16.8 Å².